The van der Waals surface area contributed by atoms with Gasteiger partial charge in [-0.1, -0.05) is 20.3 Å². The highest BCUT2D eigenvalue weighted by Crippen LogP contribution is 2.16. The Morgan fingerprint density at radius 2 is 2.00 bits per heavy atom. The zero-order chi connectivity index (χ0) is 13.5. The number of aliphatic carboxylic acids is 1. The van der Waals surface area contributed by atoms with E-state index in [0.29, 0.717) is 12.5 Å². The second-order valence-corrected chi connectivity index (χ2v) is 5.23. The highest BCUT2D eigenvalue weighted by molar-refractivity contribution is 5.74. The summed E-state index contributed by atoms with van der Waals surface area (Å²) in [7, 11) is 0. The SMILES string of the molecule is CCC(CNC(=O)N1CCC(C)CC1)CC(=O)O. The summed E-state index contributed by atoms with van der Waals surface area (Å²) in [5.41, 5.74) is 0. The van der Waals surface area contributed by atoms with Gasteiger partial charge in [0.05, 0.1) is 0 Å². The van der Waals surface area contributed by atoms with Gasteiger partial charge >= 0.3 is 12.0 Å². The van der Waals surface area contributed by atoms with Crippen molar-refractivity contribution in [2.75, 3.05) is 19.6 Å². The predicted molar refractivity (Wildman–Crippen MR) is 69.4 cm³/mol. The van der Waals surface area contributed by atoms with Gasteiger partial charge in [-0.2, -0.15) is 0 Å². The minimum atomic E-state index is -0.803. The second-order valence-electron chi connectivity index (χ2n) is 5.23. The topological polar surface area (TPSA) is 69.6 Å². The maximum absolute atomic E-state index is 11.9. The summed E-state index contributed by atoms with van der Waals surface area (Å²) >= 11 is 0. The third-order valence-corrected chi connectivity index (χ3v) is 3.65. The van der Waals surface area contributed by atoms with Crippen molar-refractivity contribution < 1.29 is 14.7 Å². The Kier molecular flexibility index (Phi) is 5.95. The van der Waals surface area contributed by atoms with Gasteiger partial charge in [0.2, 0.25) is 0 Å². The standard InChI is InChI=1S/C13H24N2O3/c1-3-11(8-12(16)17)9-14-13(18)15-6-4-10(2)5-7-15/h10-11H,3-9H2,1-2H3,(H,14,18)(H,16,17). The number of nitrogens with one attached hydrogen (secondary N) is 1. The molecule has 0 radical (unpaired) electrons. The van der Waals surface area contributed by atoms with Gasteiger partial charge in [-0.25, -0.2) is 4.79 Å². The number of rotatable bonds is 5. The monoisotopic (exact) mass is 256 g/mol. The molecule has 0 aromatic rings. The molecular formula is C13H24N2O3. The quantitative estimate of drug-likeness (QED) is 0.789. The maximum atomic E-state index is 11.9. The number of amides is 2. The van der Waals surface area contributed by atoms with Crippen LogP contribution in [0.25, 0.3) is 0 Å². The molecule has 104 valence electrons. The number of nitrogens with zero attached hydrogens (tertiary/aromatic N) is 1. The van der Waals surface area contributed by atoms with Crippen LogP contribution < -0.4 is 5.32 Å². The fourth-order valence-corrected chi connectivity index (χ4v) is 2.16. The lowest BCUT2D eigenvalue weighted by atomic mass is 9.99. The Labute approximate surface area is 109 Å². The third-order valence-electron chi connectivity index (χ3n) is 3.65. The number of carboxylic acid groups (broad SMARTS) is 1. The van der Waals surface area contributed by atoms with Crippen LogP contribution in [0, 0.1) is 11.8 Å². The van der Waals surface area contributed by atoms with E-state index in [4.69, 9.17) is 5.11 Å². The summed E-state index contributed by atoms with van der Waals surface area (Å²) in [6.45, 7) is 6.22. The molecule has 18 heavy (non-hydrogen) atoms. The molecule has 1 saturated heterocycles. The van der Waals surface area contributed by atoms with E-state index in [1.165, 1.54) is 0 Å². The lowest BCUT2D eigenvalue weighted by Crippen LogP contribution is -2.45. The average molecular weight is 256 g/mol. The molecule has 1 aliphatic rings. The van der Waals surface area contributed by atoms with Gasteiger partial charge in [0.1, 0.15) is 0 Å². The fraction of sp³-hybridized carbons (Fsp3) is 0.846. The van der Waals surface area contributed by atoms with Crippen molar-refractivity contribution in [3.63, 3.8) is 0 Å². The molecule has 0 aromatic carbocycles. The van der Waals surface area contributed by atoms with Crippen molar-refractivity contribution in [1.29, 1.82) is 0 Å². The molecule has 1 rings (SSSR count). The van der Waals surface area contributed by atoms with Gasteiger partial charge in [0, 0.05) is 26.1 Å². The fourth-order valence-electron chi connectivity index (χ4n) is 2.16. The minimum Gasteiger partial charge on any atom is -0.481 e. The Morgan fingerprint density at radius 1 is 1.39 bits per heavy atom. The van der Waals surface area contributed by atoms with Crippen LogP contribution in [-0.2, 0) is 4.79 Å². The van der Waals surface area contributed by atoms with E-state index in [-0.39, 0.29) is 18.4 Å². The Morgan fingerprint density at radius 3 is 2.50 bits per heavy atom. The van der Waals surface area contributed by atoms with Crippen LogP contribution in [-0.4, -0.2) is 41.6 Å². The number of hydrogen-bond donors (Lipinski definition) is 2. The number of piperidine rings is 1. The van der Waals surface area contributed by atoms with E-state index in [1.54, 1.807) is 0 Å². The Bertz CT molecular complexity index is 286. The van der Waals surface area contributed by atoms with Crippen LogP contribution in [0.3, 0.4) is 0 Å². The summed E-state index contributed by atoms with van der Waals surface area (Å²) < 4.78 is 0. The lowest BCUT2D eigenvalue weighted by molar-refractivity contribution is -0.138. The number of carboxylic acids is 1. The van der Waals surface area contributed by atoms with Crippen molar-refractivity contribution >= 4 is 12.0 Å². The van der Waals surface area contributed by atoms with Crippen molar-refractivity contribution in [3.05, 3.63) is 0 Å². The number of carbonyl (C=O) groups is 2. The smallest absolute Gasteiger partial charge is 0.317 e. The van der Waals surface area contributed by atoms with Gasteiger partial charge in [-0.15, -0.1) is 0 Å². The molecule has 2 amide bonds. The third kappa shape index (κ3) is 4.94. The first-order valence-corrected chi connectivity index (χ1v) is 6.77. The molecule has 5 heteroatoms. The molecule has 0 aromatic heterocycles. The van der Waals surface area contributed by atoms with Crippen molar-refractivity contribution in [2.45, 2.75) is 39.5 Å². The van der Waals surface area contributed by atoms with Crippen LogP contribution in [0.5, 0.6) is 0 Å². The van der Waals surface area contributed by atoms with Gasteiger partial charge in [0.15, 0.2) is 0 Å². The largest absolute Gasteiger partial charge is 0.481 e. The molecule has 1 fully saturated rings. The van der Waals surface area contributed by atoms with Crippen LogP contribution in [0.15, 0.2) is 0 Å². The summed E-state index contributed by atoms with van der Waals surface area (Å²) in [6.07, 6.45) is 3.00. The molecule has 2 N–H and O–H groups in total. The van der Waals surface area contributed by atoms with E-state index >= 15 is 0 Å². The molecule has 0 saturated carbocycles. The van der Waals surface area contributed by atoms with Gasteiger partial charge < -0.3 is 15.3 Å². The van der Waals surface area contributed by atoms with Crippen LogP contribution in [0.4, 0.5) is 4.79 Å². The highest BCUT2D eigenvalue weighted by Gasteiger charge is 2.21. The molecule has 0 bridgehead atoms. The summed E-state index contributed by atoms with van der Waals surface area (Å²) in [5.74, 6) is -0.0810. The number of carbonyl (C=O) groups excluding carboxylic acids is 1. The summed E-state index contributed by atoms with van der Waals surface area (Å²) in [5, 5.41) is 11.6. The zero-order valence-corrected chi connectivity index (χ0v) is 11.3. The molecule has 1 unspecified atom stereocenters. The number of likely N-dealkylation sites (tertiary alicyclic amines) is 1. The van der Waals surface area contributed by atoms with Crippen molar-refractivity contribution in [3.8, 4) is 0 Å². The van der Waals surface area contributed by atoms with Crippen molar-refractivity contribution in [1.82, 2.24) is 10.2 Å². The van der Waals surface area contributed by atoms with E-state index in [1.807, 2.05) is 11.8 Å². The van der Waals surface area contributed by atoms with E-state index in [2.05, 4.69) is 12.2 Å². The van der Waals surface area contributed by atoms with Gasteiger partial charge in [-0.05, 0) is 24.7 Å². The first kappa shape index (κ1) is 14.8. The molecule has 0 spiro atoms. The van der Waals surface area contributed by atoms with Crippen molar-refractivity contribution in [2.24, 2.45) is 11.8 Å². The molecule has 1 atom stereocenters. The normalized spacial score (nSPS) is 18.4. The Hall–Kier alpha value is -1.26. The lowest BCUT2D eigenvalue weighted by Gasteiger charge is -2.30. The van der Waals surface area contributed by atoms with E-state index in [9.17, 15) is 9.59 Å². The average Bonchev–Trinajstić information content (AvgIpc) is 2.34. The van der Waals surface area contributed by atoms with Gasteiger partial charge in [-0.3, -0.25) is 4.79 Å². The molecule has 1 aliphatic heterocycles. The van der Waals surface area contributed by atoms with Crippen LogP contribution >= 0.6 is 0 Å². The van der Waals surface area contributed by atoms with Crippen LogP contribution in [0.2, 0.25) is 0 Å². The summed E-state index contributed by atoms with van der Waals surface area (Å²) in [6, 6.07) is -0.0502. The first-order valence-electron chi connectivity index (χ1n) is 6.77. The Balaban J connectivity index is 2.29. The maximum Gasteiger partial charge on any atom is 0.317 e. The molecule has 5 nitrogen and oxygen atoms in total. The molecular weight excluding hydrogens is 232 g/mol. The highest BCUT2D eigenvalue weighted by atomic mass is 16.4. The van der Waals surface area contributed by atoms with E-state index in [0.717, 1.165) is 32.4 Å². The number of urea groups is 1. The molecule has 0 aliphatic carbocycles. The first-order chi connectivity index (χ1) is 8.52. The molecule has 1 heterocycles. The van der Waals surface area contributed by atoms with Gasteiger partial charge in [0.25, 0.3) is 0 Å². The van der Waals surface area contributed by atoms with Crippen LogP contribution in [0.1, 0.15) is 39.5 Å². The summed E-state index contributed by atoms with van der Waals surface area (Å²) in [4.78, 5) is 24.3. The van der Waals surface area contributed by atoms with E-state index < -0.39 is 5.97 Å². The predicted octanol–water partition coefficient (Wildman–Crippen LogP) is 1.93. The second kappa shape index (κ2) is 7.24. The number of hydrogen-bond acceptors (Lipinski definition) is 2. The zero-order valence-electron chi connectivity index (χ0n) is 11.3. The minimum absolute atomic E-state index is 0.0233.